The molecule has 0 amide bonds. The second-order valence-corrected chi connectivity index (χ2v) is 8.86. The zero-order valence-corrected chi connectivity index (χ0v) is 19.5. The summed E-state index contributed by atoms with van der Waals surface area (Å²) in [5.41, 5.74) is 1.24. The van der Waals surface area contributed by atoms with Crippen molar-refractivity contribution in [1.82, 2.24) is 20.4 Å². The van der Waals surface area contributed by atoms with Gasteiger partial charge in [0.1, 0.15) is 0 Å². The first-order chi connectivity index (χ1) is 14.7. The molecule has 0 aliphatic carbocycles. The first-order valence-corrected chi connectivity index (χ1v) is 12.0. The van der Waals surface area contributed by atoms with E-state index < -0.39 is 0 Å². The van der Waals surface area contributed by atoms with Crippen LogP contribution in [-0.4, -0.2) is 87.8 Å². The third-order valence-corrected chi connectivity index (χ3v) is 6.42. The first kappa shape index (κ1) is 23.2. The molecule has 168 valence electrons. The maximum absolute atomic E-state index is 6.13. The summed E-state index contributed by atoms with van der Waals surface area (Å²) in [6.45, 7) is 12.3. The van der Waals surface area contributed by atoms with Crippen LogP contribution in [0.5, 0.6) is 0 Å². The predicted octanol–water partition coefficient (Wildman–Crippen LogP) is 2.89. The average molecular weight is 435 g/mol. The third-order valence-electron chi connectivity index (χ3n) is 6.18. The SMILES string of the molecule is CCCN1CCC(NC(=NC)NCCCN2CCN(c3cccc(Cl)c3)CC2)CC1. The van der Waals surface area contributed by atoms with Crippen LogP contribution in [0, 0.1) is 0 Å². The van der Waals surface area contributed by atoms with E-state index in [1.807, 2.05) is 19.2 Å². The number of anilines is 1. The van der Waals surface area contributed by atoms with Crippen molar-refractivity contribution in [3.05, 3.63) is 29.3 Å². The van der Waals surface area contributed by atoms with E-state index in [0.29, 0.717) is 6.04 Å². The molecule has 1 aromatic rings. The van der Waals surface area contributed by atoms with Crippen LogP contribution >= 0.6 is 11.6 Å². The zero-order chi connectivity index (χ0) is 21.2. The van der Waals surface area contributed by atoms with Crippen LogP contribution in [0.4, 0.5) is 5.69 Å². The van der Waals surface area contributed by atoms with Crippen molar-refractivity contribution in [1.29, 1.82) is 0 Å². The van der Waals surface area contributed by atoms with E-state index in [2.05, 4.69) is 49.4 Å². The molecular formula is C23H39ClN6. The number of piperazine rings is 1. The second-order valence-electron chi connectivity index (χ2n) is 8.42. The summed E-state index contributed by atoms with van der Waals surface area (Å²) in [4.78, 5) is 12.0. The largest absolute Gasteiger partial charge is 0.369 e. The van der Waals surface area contributed by atoms with Gasteiger partial charge in [-0.2, -0.15) is 0 Å². The van der Waals surface area contributed by atoms with Gasteiger partial charge in [-0.1, -0.05) is 24.6 Å². The molecule has 6 nitrogen and oxygen atoms in total. The minimum Gasteiger partial charge on any atom is -0.369 e. The average Bonchev–Trinajstić information content (AvgIpc) is 2.77. The second kappa shape index (κ2) is 12.4. The number of nitrogens with zero attached hydrogens (tertiary/aromatic N) is 4. The molecule has 3 rings (SSSR count). The number of piperidine rings is 1. The molecule has 2 aliphatic heterocycles. The van der Waals surface area contributed by atoms with Gasteiger partial charge in [-0.15, -0.1) is 0 Å². The molecule has 0 radical (unpaired) electrons. The Balaban J connectivity index is 1.28. The topological polar surface area (TPSA) is 46.1 Å². The van der Waals surface area contributed by atoms with Gasteiger partial charge in [-0.25, -0.2) is 0 Å². The van der Waals surface area contributed by atoms with Gasteiger partial charge in [0.15, 0.2) is 5.96 Å². The van der Waals surface area contributed by atoms with Gasteiger partial charge in [-0.3, -0.25) is 9.89 Å². The van der Waals surface area contributed by atoms with E-state index in [1.54, 1.807) is 0 Å². The van der Waals surface area contributed by atoms with E-state index in [1.165, 1.54) is 44.6 Å². The number of nitrogens with one attached hydrogen (secondary N) is 2. The number of halogens is 1. The predicted molar refractivity (Wildman–Crippen MR) is 129 cm³/mol. The number of benzene rings is 1. The Bertz CT molecular complexity index is 651. The summed E-state index contributed by atoms with van der Waals surface area (Å²) in [5.74, 6) is 0.953. The van der Waals surface area contributed by atoms with Crippen LogP contribution in [0.25, 0.3) is 0 Å². The fourth-order valence-corrected chi connectivity index (χ4v) is 4.60. The van der Waals surface area contributed by atoms with Crippen LogP contribution in [0.1, 0.15) is 32.6 Å². The molecule has 0 unspecified atom stereocenters. The van der Waals surface area contributed by atoms with E-state index in [4.69, 9.17) is 11.6 Å². The maximum atomic E-state index is 6.13. The number of guanidine groups is 1. The monoisotopic (exact) mass is 434 g/mol. The van der Waals surface area contributed by atoms with E-state index in [0.717, 1.165) is 56.7 Å². The minimum atomic E-state index is 0.545. The molecule has 2 heterocycles. The molecule has 2 N–H and O–H groups in total. The van der Waals surface area contributed by atoms with Crippen molar-refractivity contribution < 1.29 is 0 Å². The van der Waals surface area contributed by atoms with Crippen molar-refractivity contribution in [3.63, 3.8) is 0 Å². The molecule has 0 spiro atoms. The molecule has 0 atom stereocenters. The van der Waals surface area contributed by atoms with Gasteiger partial charge in [0.25, 0.3) is 0 Å². The summed E-state index contributed by atoms with van der Waals surface area (Å²) in [6.07, 6.45) is 4.79. The molecule has 2 fully saturated rings. The molecule has 1 aromatic carbocycles. The molecule has 0 aromatic heterocycles. The first-order valence-electron chi connectivity index (χ1n) is 11.6. The normalized spacial score (nSPS) is 19.8. The zero-order valence-electron chi connectivity index (χ0n) is 18.7. The van der Waals surface area contributed by atoms with Gasteiger partial charge in [-0.05, 0) is 57.0 Å². The summed E-state index contributed by atoms with van der Waals surface area (Å²) >= 11 is 6.13. The van der Waals surface area contributed by atoms with Crippen molar-refractivity contribution in [3.8, 4) is 0 Å². The van der Waals surface area contributed by atoms with E-state index in [-0.39, 0.29) is 0 Å². The van der Waals surface area contributed by atoms with Crippen molar-refractivity contribution in [2.24, 2.45) is 4.99 Å². The summed E-state index contributed by atoms with van der Waals surface area (Å²) < 4.78 is 0. The third kappa shape index (κ3) is 7.33. The lowest BCUT2D eigenvalue weighted by molar-refractivity contribution is 0.206. The Morgan fingerprint density at radius 2 is 1.80 bits per heavy atom. The number of hydrogen-bond donors (Lipinski definition) is 2. The van der Waals surface area contributed by atoms with Gasteiger partial charge in [0.05, 0.1) is 0 Å². The van der Waals surface area contributed by atoms with Crippen LogP contribution in [0.3, 0.4) is 0 Å². The Kier molecular flexibility index (Phi) is 9.56. The summed E-state index contributed by atoms with van der Waals surface area (Å²) in [5, 5.41) is 7.94. The number of hydrogen-bond acceptors (Lipinski definition) is 4. The van der Waals surface area contributed by atoms with Crippen LogP contribution < -0.4 is 15.5 Å². The Labute approximate surface area is 187 Å². The molecule has 2 aliphatic rings. The lowest BCUT2D eigenvalue weighted by Crippen LogP contribution is -2.49. The smallest absolute Gasteiger partial charge is 0.191 e. The molecule has 7 heteroatoms. The Morgan fingerprint density at radius 1 is 1.07 bits per heavy atom. The Hall–Kier alpha value is -1.50. The highest BCUT2D eigenvalue weighted by Gasteiger charge is 2.19. The number of rotatable bonds is 8. The van der Waals surface area contributed by atoms with E-state index in [9.17, 15) is 0 Å². The Morgan fingerprint density at radius 3 is 2.47 bits per heavy atom. The van der Waals surface area contributed by atoms with Crippen molar-refractivity contribution in [2.45, 2.75) is 38.6 Å². The number of likely N-dealkylation sites (tertiary alicyclic amines) is 1. The highest BCUT2D eigenvalue weighted by molar-refractivity contribution is 6.30. The van der Waals surface area contributed by atoms with Crippen LogP contribution in [-0.2, 0) is 0 Å². The lowest BCUT2D eigenvalue weighted by Gasteiger charge is -2.36. The van der Waals surface area contributed by atoms with E-state index >= 15 is 0 Å². The molecule has 2 saturated heterocycles. The van der Waals surface area contributed by atoms with Crippen molar-refractivity contribution in [2.75, 3.05) is 70.9 Å². The standard InChI is InChI=1S/C23H39ClN6/c1-3-11-28-13-8-21(9-14-28)27-23(25-2)26-10-5-12-29-15-17-30(18-16-29)22-7-4-6-20(24)19-22/h4,6-7,19,21H,3,5,8-18H2,1-2H3,(H2,25,26,27). The van der Waals surface area contributed by atoms with Gasteiger partial charge in [0.2, 0.25) is 0 Å². The summed E-state index contributed by atoms with van der Waals surface area (Å²) in [6, 6.07) is 8.73. The van der Waals surface area contributed by atoms with Crippen LogP contribution in [0.2, 0.25) is 5.02 Å². The van der Waals surface area contributed by atoms with Crippen LogP contribution in [0.15, 0.2) is 29.3 Å². The molecule has 0 bridgehead atoms. The lowest BCUT2D eigenvalue weighted by atomic mass is 10.1. The summed E-state index contributed by atoms with van der Waals surface area (Å²) in [7, 11) is 1.87. The van der Waals surface area contributed by atoms with Gasteiger partial charge < -0.3 is 20.4 Å². The number of aliphatic imine (C=N–C) groups is 1. The molecule has 0 saturated carbocycles. The highest BCUT2D eigenvalue weighted by atomic mass is 35.5. The molecular weight excluding hydrogens is 396 g/mol. The van der Waals surface area contributed by atoms with Crippen molar-refractivity contribution >= 4 is 23.2 Å². The highest BCUT2D eigenvalue weighted by Crippen LogP contribution is 2.20. The fourth-order valence-electron chi connectivity index (χ4n) is 4.42. The minimum absolute atomic E-state index is 0.545. The molecule has 30 heavy (non-hydrogen) atoms. The maximum Gasteiger partial charge on any atom is 0.191 e. The van der Waals surface area contributed by atoms with Gasteiger partial charge in [0, 0.05) is 69.6 Å². The van der Waals surface area contributed by atoms with Gasteiger partial charge >= 0.3 is 0 Å². The fraction of sp³-hybridized carbons (Fsp3) is 0.696. The quantitative estimate of drug-likeness (QED) is 0.374.